The largest absolute Gasteiger partial charge is 0.481 e. The Morgan fingerprint density at radius 1 is 1.15 bits per heavy atom. The van der Waals surface area contributed by atoms with E-state index in [0.29, 0.717) is 6.61 Å². The quantitative estimate of drug-likeness (QED) is 0.423. The summed E-state index contributed by atoms with van der Waals surface area (Å²) in [6.45, 7) is 8.91. The standard InChI is InChI=1S/C14H29NO3S2/c1-13(2,15)7-9-18-14(3,4)8-11-20-19-10-5-6-12(16)17/h5-11,15H2,1-4H3,(H,16,17). The van der Waals surface area contributed by atoms with Crippen molar-refractivity contribution >= 4 is 27.6 Å². The smallest absolute Gasteiger partial charge is 0.303 e. The van der Waals surface area contributed by atoms with Crippen molar-refractivity contribution in [2.45, 2.75) is 64.5 Å². The van der Waals surface area contributed by atoms with Crippen LogP contribution in [0.15, 0.2) is 0 Å². The maximum absolute atomic E-state index is 10.3. The first kappa shape index (κ1) is 20.1. The number of ether oxygens (including phenoxy) is 1. The number of hydrogen-bond acceptors (Lipinski definition) is 5. The predicted octanol–water partition coefficient (Wildman–Crippen LogP) is 3.55. The van der Waals surface area contributed by atoms with Crippen LogP contribution in [0.1, 0.15) is 53.4 Å². The summed E-state index contributed by atoms with van der Waals surface area (Å²) in [4.78, 5) is 10.3. The van der Waals surface area contributed by atoms with E-state index in [0.717, 1.165) is 30.8 Å². The molecule has 0 aliphatic carbocycles. The van der Waals surface area contributed by atoms with Crippen molar-refractivity contribution in [3.05, 3.63) is 0 Å². The third-order valence-corrected chi connectivity index (χ3v) is 5.22. The van der Waals surface area contributed by atoms with Gasteiger partial charge in [-0.25, -0.2) is 0 Å². The highest BCUT2D eigenvalue weighted by atomic mass is 33.1. The Morgan fingerprint density at radius 3 is 2.30 bits per heavy atom. The van der Waals surface area contributed by atoms with Gasteiger partial charge < -0.3 is 15.6 Å². The summed E-state index contributed by atoms with van der Waals surface area (Å²) in [7, 11) is 3.53. The normalized spacial score (nSPS) is 12.7. The van der Waals surface area contributed by atoms with Crippen LogP contribution >= 0.6 is 21.6 Å². The highest BCUT2D eigenvalue weighted by Crippen LogP contribution is 2.27. The zero-order valence-corrected chi connectivity index (χ0v) is 14.7. The zero-order chi connectivity index (χ0) is 15.6. The minimum absolute atomic E-state index is 0.125. The molecule has 0 heterocycles. The molecule has 0 bridgehead atoms. The van der Waals surface area contributed by atoms with Gasteiger partial charge in [0.05, 0.1) is 5.60 Å². The van der Waals surface area contributed by atoms with Crippen LogP contribution in [0.3, 0.4) is 0 Å². The molecular weight excluding hydrogens is 294 g/mol. The molecule has 0 unspecified atom stereocenters. The minimum Gasteiger partial charge on any atom is -0.481 e. The van der Waals surface area contributed by atoms with Crippen LogP contribution in [0.25, 0.3) is 0 Å². The number of hydrogen-bond donors (Lipinski definition) is 2. The first-order valence-corrected chi connectivity index (χ1v) is 9.50. The average Bonchev–Trinajstić information content (AvgIpc) is 2.25. The fourth-order valence-corrected chi connectivity index (χ4v) is 3.73. The minimum atomic E-state index is -0.715. The van der Waals surface area contributed by atoms with Crippen molar-refractivity contribution in [1.82, 2.24) is 0 Å². The lowest BCUT2D eigenvalue weighted by atomic mass is 10.0. The van der Waals surface area contributed by atoms with E-state index in [1.165, 1.54) is 0 Å². The van der Waals surface area contributed by atoms with Crippen LogP contribution in [0, 0.1) is 0 Å². The van der Waals surface area contributed by atoms with E-state index in [1.807, 2.05) is 13.8 Å². The predicted molar refractivity (Wildman–Crippen MR) is 89.3 cm³/mol. The van der Waals surface area contributed by atoms with Gasteiger partial charge in [-0.3, -0.25) is 4.79 Å². The van der Waals surface area contributed by atoms with Crippen molar-refractivity contribution < 1.29 is 14.6 Å². The van der Waals surface area contributed by atoms with Gasteiger partial charge in [-0.05, 0) is 47.0 Å². The average molecular weight is 324 g/mol. The molecule has 6 heteroatoms. The summed E-state index contributed by atoms with van der Waals surface area (Å²) in [6, 6.07) is 0. The maximum atomic E-state index is 10.3. The van der Waals surface area contributed by atoms with Gasteiger partial charge in [-0.15, -0.1) is 0 Å². The van der Waals surface area contributed by atoms with Gasteiger partial charge in [0.25, 0.3) is 0 Å². The van der Waals surface area contributed by atoms with Crippen LogP contribution in [-0.2, 0) is 9.53 Å². The number of carbonyl (C=O) groups is 1. The lowest BCUT2D eigenvalue weighted by Crippen LogP contribution is -2.35. The molecule has 0 saturated heterocycles. The van der Waals surface area contributed by atoms with Crippen molar-refractivity contribution in [1.29, 1.82) is 0 Å². The van der Waals surface area contributed by atoms with Crippen molar-refractivity contribution in [3.8, 4) is 0 Å². The van der Waals surface area contributed by atoms with E-state index >= 15 is 0 Å². The molecule has 20 heavy (non-hydrogen) atoms. The lowest BCUT2D eigenvalue weighted by Gasteiger charge is -2.27. The zero-order valence-electron chi connectivity index (χ0n) is 13.1. The van der Waals surface area contributed by atoms with Gasteiger partial charge in [0.1, 0.15) is 0 Å². The van der Waals surface area contributed by atoms with E-state index in [4.69, 9.17) is 15.6 Å². The van der Waals surface area contributed by atoms with Gasteiger partial charge in [0, 0.05) is 30.1 Å². The summed E-state index contributed by atoms with van der Waals surface area (Å²) >= 11 is 0. The van der Waals surface area contributed by atoms with Gasteiger partial charge in [0.15, 0.2) is 0 Å². The van der Waals surface area contributed by atoms with Crippen molar-refractivity contribution in [2.24, 2.45) is 5.73 Å². The third-order valence-electron chi connectivity index (χ3n) is 2.73. The molecule has 0 radical (unpaired) electrons. The first-order chi connectivity index (χ1) is 9.12. The van der Waals surface area contributed by atoms with Crippen LogP contribution in [0.2, 0.25) is 0 Å². The third kappa shape index (κ3) is 14.5. The molecule has 0 aliphatic rings. The summed E-state index contributed by atoms with van der Waals surface area (Å²) in [5.41, 5.74) is 5.62. The Labute approximate surface area is 131 Å². The Hall–Kier alpha value is 0.0900. The number of nitrogens with two attached hydrogens (primary N) is 1. The van der Waals surface area contributed by atoms with E-state index in [2.05, 4.69) is 13.8 Å². The molecule has 3 N–H and O–H groups in total. The van der Waals surface area contributed by atoms with Gasteiger partial charge in [-0.1, -0.05) is 21.6 Å². The molecule has 0 aliphatic heterocycles. The molecule has 0 aromatic heterocycles. The summed E-state index contributed by atoms with van der Waals surface area (Å²) in [5.74, 6) is 1.18. The Balaban J connectivity index is 3.54. The number of carboxylic acids is 1. The first-order valence-electron chi connectivity index (χ1n) is 7.01. The Morgan fingerprint density at radius 2 is 1.75 bits per heavy atom. The van der Waals surface area contributed by atoms with Crippen LogP contribution in [0.5, 0.6) is 0 Å². The summed E-state index contributed by atoms with van der Waals surface area (Å²) in [6.07, 6.45) is 2.83. The summed E-state index contributed by atoms with van der Waals surface area (Å²) < 4.78 is 5.88. The molecule has 0 fully saturated rings. The SMILES string of the molecule is CC(C)(N)CCOC(C)(C)CCSSCCCC(=O)O. The van der Waals surface area contributed by atoms with Gasteiger partial charge in [-0.2, -0.15) is 0 Å². The molecule has 0 rings (SSSR count). The van der Waals surface area contributed by atoms with E-state index < -0.39 is 5.97 Å². The van der Waals surface area contributed by atoms with Gasteiger partial charge >= 0.3 is 5.97 Å². The monoisotopic (exact) mass is 323 g/mol. The molecule has 0 saturated carbocycles. The molecule has 120 valence electrons. The Bertz CT molecular complexity index is 278. The topological polar surface area (TPSA) is 72.5 Å². The van der Waals surface area contributed by atoms with Gasteiger partial charge in [0.2, 0.25) is 0 Å². The molecule has 4 nitrogen and oxygen atoms in total. The highest BCUT2D eigenvalue weighted by molar-refractivity contribution is 8.76. The summed E-state index contributed by atoms with van der Waals surface area (Å²) in [5, 5.41) is 8.52. The number of aliphatic carboxylic acids is 1. The number of carboxylic acid groups (broad SMARTS) is 1. The van der Waals surface area contributed by atoms with Crippen LogP contribution in [-0.4, -0.2) is 40.3 Å². The van der Waals surface area contributed by atoms with Crippen LogP contribution < -0.4 is 5.73 Å². The van der Waals surface area contributed by atoms with E-state index in [1.54, 1.807) is 21.6 Å². The molecular formula is C14H29NO3S2. The fourth-order valence-electron chi connectivity index (χ4n) is 1.35. The second-order valence-corrected chi connectivity index (χ2v) is 8.94. The highest BCUT2D eigenvalue weighted by Gasteiger charge is 2.19. The molecule has 0 amide bonds. The Kier molecular flexibility index (Phi) is 9.97. The molecule has 0 atom stereocenters. The van der Waals surface area contributed by atoms with Crippen LogP contribution in [0.4, 0.5) is 0 Å². The van der Waals surface area contributed by atoms with E-state index in [9.17, 15) is 4.79 Å². The van der Waals surface area contributed by atoms with E-state index in [-0.39, 0.29) is 17.6 Å². The second-order valence-electron chi connectivity index (χ2n) is 6.24. The van der Waals surface area contributed by atoms with Crippen molar-refractivity contribution in [3.63, 3.8) is 0 Å². The number of rotatable bonds is 12. The molecule has 0 spiro atoms. The lowest BCUT2D eigenvalue weighted by molar-refractivity contribution is -0.137. The fraction of sp³-hybridized carbons (Fsp3) is 0.929. The molecule has 0 aromatic carbocycles. The molecule has 0 aromatic rings. The van der Waals surface area contributed by atoms with Crippen molar-refractivity contribution in [2.75, 3.05) is 18.1 Å². The second kappa shape index (κ2) is 9.92. The maximum Gasteiger partial charge on any atom is 0.303 e.